The fraction of sp³-hybridized carbons (Fsp3) is 0.385. The number of benzene rings is 1. The van der Waals surface area contributed by atoms with Gasteiger partial charge in [0.2, 0.25) is 15.9 Å². The first-order valence-electron chi connectivity index (χ1n) is 6.19. The zero-order chi connectivity index (χ0) is 16.3. The van der Waals surface area contributed by atoms with Crippen LogP contribution in [0.5, 0.6) is 0 Å². The summed E-state index contributed by atoms with van der Waals surface area (Å²) in [6, 6.07) is 5.17. The lowest BCUT2D eigenvalue weighted by Gasteiger charge is -2.18. The van der Waals surface area contributed by atoms with Crippen molar-refractivity contribution < 1.29 is 23.1 Å². The first kappa shape index (κ1) is 17.1. The Balaban J connectivity index is 2.74. The Bertz CT molecular complexity index is 635. The number of amides is 1. The van der Waals surface area contributed by atoms with E-state index in [1.807, 2.05) is 0 Å². The van der Waals surface area contributed by atoms with Gasteiger partial charge in [-0.3, -0.25) is 9.59 Å². The number of sulfonamides is 1. The van der Waals surface area contributed by atoms with Crippen LogP contribution >= 0.6 is 0 Å². The highest BCUT2D eigenvalue weighted by molar-refractivity contribution is 7.89. The molecule has 0 spiro atoms. The van der Waals surface area contributed by atoms with E-state index in [4.69, 9.17) is 10.8 Å². The highest BCUT2D eigenvalue weighted by atomic mass is 32.2. The number of hydrogen-bond acceptors (Lipinski definition) is 4. The van der Waals surface area contributed by atoms with Gasteiger partial charge in [-0.15, -0.1) is 0 Å². The van der Waals surface area contributed by atoms with Crippen molar-refractivity contribution in [2.75, 3.05) is 6.54 Å². The van der Waals surface area contributed by atoms with Gasteiger partial charge >= 0.3 is 5.97 Å². The molecule has 21 heavy (non-hydrogen) atoms. The minimum absolute atomic E-state index is 0.000789. The molecule has 7 nitrogen and oxygen atoms in total. The monoisotopic (exact) mass is 314 g/mol. The maximum Gasteiger partial charge on any atom is 0.309 e. The molecule has 0 radical (unpaired) electrons. The van der Waals surface area contributed by atoms with Gasteiger partial charge in [-0.1, -0.05) is 0 Å². The number of rotatable bonds is 7. The number of primary amides is 1. The van der Waals surface area contributed by atoms with E-state index in [9.17, 15) is 18.0 Å². The fourth-order valence-corrected chi connectivity index (χ4v) is 2.52. The zero-order valence-electron chi connectivity index (χ0n) is 11.8. The van der Waals surface area contributed by atoms with Gasteiger partial charge in [0.05, 0.1) is 10.3 Å². The van der Waals surface area contributed by atoms with E-state index in [1.165, 1.54) is 38.1 Å². The number of carboxylic acids is 1. The van der Waals surface area contributed by atoms with Gasteiger partial charge in [0.25, 0.3) is 0 Å². The van der Waals surface area contributed by atoms with Crippen molar-refractivity contribution in [3.05, 3.63) is 29.8 Å². The van der Waals surface area contributed by atoms with Crippen LogP contribution in [0.2, 0.25) is 0 Å². The number of nitrogens with two attached hydrogens (primary N) is 1. The Morgan fingerprint density at radius 2 is 1.76 bits per heavy atom. The van der Waals surface area contributed by atoms with Crippen molar-refractivity contribution in [3.8, 4) is 0 Å². The molecule has 0 heterocycles. The summed E-state index contributed by atoms with van der Waals surface area (Å²) < 4.78 is 26.3. The van der Waals surface area contributed by atoms with Crippen molar-refractivity contribution in [1.29, 1.82) is 0 Å². The maximum atomic E-state index is 12.0. The number of hydrogen-bond donors (Lipinski definition) is 3. The van der Waals surface area contributed by atoms with Gasteiger partial charge in [0.15, 0.2) is 0 Å². The van der Waals surface area contributed by atoms with Gasteiger partial charge in [-0.2, -0.15) is 0 Å². The number of carbonyl (C=O) groups excluding carboxylic acids is 1. The third-order valence-electron chi connectivity index (χ3n) is 3.07. The van der Waals surface area contributed by atoms with Crippen molar-refractivity contribution in [1.82, 2.24) is 4.72 Å². The van der Waals surface area contributed by atoms with Gasteiger partial charge < -0.3 is 10.8 Å². The molecule has 1 amide bonds. The summed E-state index contributed by atoms with van der Waals surface area (Å²) >= 11 is 0. The Morgan fingerprint density at radius 3 is 2.19 bits per heavy atom. The predicted octanol–water partition coefficient (Wildman–Crippen LogP) is 0.565. The Hall–Kier alpha value is -1.93. The summed E-state index contributed by atoms with van der Waals surface area (Å²) in [5.41, 5.74) is 4.26. The van der Waals surface area contributed by atoms with Gasteiger partial charge in [0.1, 0.15) is 0 Å². The van der Waals surface area contributed by atoms with Crippen LogP contribution in [-0.4, -0.2) is 31.9 Å². The molecule has 0 aromatic heterocycles. The van der Waals surface area contributed by atoms with Crippen LogP contribution in [0.3, 0.4) is 0 Å². The van der Waals surface area contributed by atoms with Crippen LogP contribution in [0.15, 0.2) is 29.2 Å². The molecule has 1 aromatic rings. The number of carbonyl (C=O) groups is 2. The predicted molar refractivity (Wildman–Crippen MR) is 76.2 cm³/mol. The van der Waals surface area contributed by atoms with Crippen LogP contribution in [0.1, 0.15) is 30.6 Å². The molecule has 8 heteroatoms. The first-order valence-corrected chi connectivity index (χ1v) is 7.67. The highest BCUT2D eigenvalue weighted by Crippen LogP contribution is 2.20. The van der Waals surface area contributed by atoms with Crippen LogP contribution in [-0.2, 0) is 14.8 Å². The molecule has 4 N–H and O–H groups in total. The van der Waals surface area contributed by atoms with Crippen molar-refractivity contribution in [3.63, 3.8) is 0 Å². The summed E-state index contributed by atoms with van der Waals surface area (Å²) in [6.07, 6.45) is 0.154. The number of carboxylic acid groups (broad SMARTS) is 1. The van der Waals surface area contributed by atoms with Crippen molar-refractivity contribution in [2.45, 2.75) is 25.2 Å². The second-order valence-electron chi connectivity index (χ2n) is 5.23. The van der Waals surface area contributed by atoms with E-state index >= 15 is 0 Å². The zero-order valence-corrected chi connectivity index (χ0v) is 12.6. The number of nitrogens with one attached hydrogen (secondary N) is 1. The molecule has 116 valence electrons. The molecule has 1 aromatic carbocycles. The van der Waals surface area contributed by atoms with Crippen molar-refractivity contribution >= 4 is 21.9 Å². The minimum Gasteiger partial charge on any atom is -0.481 e. The average Bonchev–Trinajstić information content (AvgIpc) is 2.38. The largest absolute Gasteiger partial charge is 0.481 e. The van der Waals surface area contributed by atoms with E-state index in [-0.39, 0.29) is 23.4 Å². The third-order valence-corrected chi connectivity index (χ3v) is 4.55. The molecule has 0 bridgehead atoms. The van der Waals surface area contributed by atoms with E-state index in [1.54, 1.807) is 0 Å². The quantitative estimate of drug-likeness (QED) is 0.678. The lowest BCUT2D eigenvalue weighted by Crippen LogP contribution is -2.32. The fourth-order valence-electron chi connectivity index (χ4n) is 1.49. The second-order valence-corrected chi connectivity index (χ2v) is 6.99. The summed E-state index contributed by atoms with van der Waals surface area (Å²) in [7, 11) is -3.75. The van der Waals surface area contributed by atoms with Crippen LogP contribution < -0.4 is 10.5 Å². The molecule has 0 unspecified atom stereocenters. The van der Waals surface area contributed by atoms with E-state index in [0.29, 0.717) is 0 Å². The average molecular weight is 314 g/mol. The smallest absolute Gasteiger partial charge is 0.309 e. The minimum atomic E-state index is -3.75. The molecule has 0 aliphatic heterocycles. The molecule has 0 saturated carbocycles. The van der Waals surface area contributed by atoms with Crippen LogP contribution in [0, 0.1) is 5.41 Å². The molecule has 0 atom stereocenters. The SMILES string of the molecule is CC(C)(CCNS(=O)(=O)c1ccc(C(N)=O)cc1)C(=O)O. The Morgan fingerprint density at radius 1 is 1.24 bits per heavy atom. The van der Waals surface area contributed by atoms with E-state index in [2.05, 4.69) is 4.72 Å². The molecular weight excluding hydrogens is 296 g/mol. The molecule has 0 saturated heterocycles. The maximum absolute atomic E-state index is 12.0. The molecule has 0 aliphatic rings. The molecule has 0 aliphatic carbocycles. The molecular formula is C13H18N2O5S. The Kier molecular flexibility index (Phi) is 5.08. The van der Waals surface area contributed by atoms with Gasteiger partial charge in [-0.25, -0.2) is 13.1 Å². The topological polar surface area (TPSA) is 127 Å². The highest BCUT2D eigenvalue weighted by Gasteiger charge is 2.27. The first-order chi connectivity index (χ1) is 9.56. The lowest BCUT2D eigenvalue weighted by molar-refractivity contribution is -0.147. The number of aliphatic carboxylic acids is 1. The summed E-state index contributed by atoms with van der Waals surface area (Å²) in [4.78, 5) is 21.8. The third kappa shape index (κ3) is 4.54. The van der Waals surface area contributed by atoms with Crippen LogP contribution in [0.25, 0.3) is 0 Å². The van der Waals surface area contributed by atoms with Crippen LogP contribution in [0.4, 0.5) is 0 Å². The van der Waals surface area contributed by atoms with Crippen molar-refractivity contribution in [2.24, 2.45) is 11.1 Å². The summed E-state index contributed by atoms with van der Waals surface area (Å²) in [5, 5.41) is 8.95. The normalized spacial score (nSPS) is 12.1. The standard InChI is InChI=1S/C13H18N2O5S/c1-13(2,12(17)18)7-8-15-21(19,20)10-5-3-9(4-6-10)11(14)16/h3-6,15H,7-8H2,1-2H3,(H2,14,16)(H,17,18). The Labute approximate surface area is 123 Å². The lowest BCUT2D eigenvalue weighted by atomic mass is 9.90. The second kappa shape index (κ2) is 6.23. The van der Waals surface area contributed by atoms with Gasteiger partial charge in [-0.05, 0) is 44.5 Å². The molecule has 0 fully saturated rings. The van der Waals surface area contributed by atoms with E-state index < -0.39 is 27.3 Å². The van der Waals surface area contributed by atoms with Gasteiger partial charge in [0, 0.05) is 12.1 Å². The summed E-state index contributed by atoms with van der Waals surface area (Å²) in [6.45, 7) is 3.04. The summed E-state index contributed by atoms with van der Waals surface area (Å²) in [5.74, 6) is -1.64. The van der Waals surface area contributed by atoms with E-state index in [0.717, 1.165) is 0 Å². The molecule has 1 rings (SSSR count).